The highest BCUT2D eigenvalue weighted by Crippen LogP contribution is 2.50. The molecule has 2 aliphatic rings. The zero-order valence-electron chi connectivity index (χ0n) is 14.8. The molecule has 0 radical (unpaired) electrons. The monoisotopic (exact) mass is 341 g/mol. The molecule has 2 aliphatic heterocycles. The number of benzene rings is 1. The summed E-state index contributed by atoms with van der Waals surface area (Å²) >= 11 is 0. The van der Waals surface area contributed by atoms with Crippen molar-refractivity contribution in [3.8, 4) is 11.5 Å². The second-order valence-corrected chi connectivity index (χ2v) is 7.10. The van der Waals surface area contributed by atoms with E-state index in [1.165, 1.54) is 0 Å². The molecule has 0 saturated carbocycles. The molecule has 1 aromatic carbocycles. The van der Waals surface area contributed by atoms with Crippen LogP contribution in [-0.2, 0) is 0 Å². The van der Waals surface area contributed by atoms with E-state index in [1.54, 1.807) is 7.11 Å². The summed E-state index contributed by atoms with van der Waals surface area (Å²) < 4.78 is 11.3. The number of rotatable bonds is 3. The van der Waals surface area contributed by atoms with Crippen molar-refractivity contribution in [1.29, 1.82) is 0 Å². The average molecular weight is 341 g/mol. The normalized spacial score (nSPS) is 24.5. The number of ether oxygens (including phenoxy) is 2. The maximum absolute atomic E-state index is 10.2. The van der Waals surface area contributed by atoms with Crippen LogP contribution in [0.2, 0.25) is 0 Å². The van der Waals surface area contributed by atoms with Crippen LogP contribution in [0.15, 0.2) is 24.3 Å². The predicted molar refractivity (Wildman–Crippen MR) is 94.5 cm³/mol. The first-order valence-electron chi connectivity index (χ1n) is 8.53. The van der Waals surface area contributed by atoms with Gasteiger partial charge >= 0.3 is 0 Å². The van der Waals surface area contributed by atoms with E-state index in [0.717, 1.165) is 40.9 Å². The van der Waals surface area contributed by atoms with Gasteiger partial charge in [-0.1, -0.05) is 6.07 Å². The summed E-state index contributed by atoms with van der Waals surface area (Å²) in [6.45, 7) is 5.97. The molecule has 132 valence electrons. The lowest BCUT2D eigenvalue weighted by Gasteiger charge is -2.37. The lowest BCUT2D eigenvalue weighted by atomic mass is 9.74. The van der Waals surface area contributed by atoms with Crippen LogP contribution >= 0.6 is 0 Å². The zero-order chi connectivity index (χ0) is 17.6. The number of aryl methyl sites for hydroxylation is 2. The minimum Gasteiger partial charge on any atom is -0.497 e. The van der Waals surface area contributed by atoms with Crippen molar-refractivity contribution >= 4 is 5.95 Å². The number of aliphatic hydroxyl groups excluding tert-OH is 1. The van der Waals surface area contributed by atoms with Gasteiger partial charge in [-0.2, -0.15) is 0 Å². The molecule has 25 heavy (non-hydrogen) atoms. The summed E-state index contributed by atoms with van der Waals surface area (Å²) in [5.74, 6) is 2.53. The van der Waals surface area contributed by atoms with Crippen LogP contribution in [0, 0.1) is 19.3 Å². The van der Waals surface area contributed by atoms with E-state index in [2.05, 4.69) is 14.9 Å². The van der Waals surface area contributed by atoms with Crippen LogP contribution in [0.3, 0.4) is 0 Å². The number of hydrogen-bond donors (Lipinski definition) is 1. The Balaban J connectivity index is 1.72. The third-order valence-electron chi connectivity index (χ3n) is 5.33. The van der Waals surface area contributed by atoms with Crippen LogP contribution in [0.4, 0.5) is 5.95 Å². The van der Waals surface area contributed by atoms with Crippen molar-refractivity contribution in [3.05, 3.63) is 41.2 Å². The molecule has 3 heterocycles. The summed E-state index contributed by atoms with van der Waals surface area (Å²) in [5, 5.41) is 10.2. The van der Waals surface area contributed by atoms with Gasteiger partial charge in [-0.05, 0) is 26.0 Å². The number of nitrogens with zero attached hydrogens (tertiary/aromatic N) is 3. The van der Waals surface area contributed by atoms with Crippen molar-refractivity contribution in [2.24, 2.45) is 5.41 Å². The molecular weight excluding hydrogens is 318 g/mol. The molecule has 6 nitrogen and oxygen atoms in total. The highest BCUT2D eigenvalue weighted by atomic mass is 16.5. The maximum Gasteiger partial charge on any atom is 0.225 e. The fraction of sp³-hybridized carbons (Fsp3) is 0.474. The molecule has 0 amide bonds. The van der Waals surface area contributed by atoms with Gasteiger partial charge in [0.25, 0.3) is 0 Å². The van der Waals surface area contributed by atoms with Gasteiger partial charge < -0.3 is 19.5 Å². The molecule has 1 saturated heterocycles. The third kappa shape index (κ3) is 2.61. The third-order valence-corrected chi connectivity index (χ3v) is 5.33. The zero-order valence-corrected chi connectivity index (χ0v) is 14.8. The van der Waals surface area contributed by atoms with Crippen LogP contribution < -0.4 is 14.4 Å². The Morgan fingerprint density at radius 2 is 2.04 bits per heavy atom. The number of anilines is 1. The van der Waals surface area contributed by atoms with Gasteiger partial charge in [0.05, 0.1) is 25.7 Å². The highest BCUT2D eigenvalue weighted by molar-refractivity contribution is 5.49. The van der Waals surface area contributed by atoms with E-state index in [9.17, 15) is 5.11 Å². The van der Waals surface area contributed by atoms with Crippen molar-refractivity contribution < 1.29 is 14.6 Å². The van der Waals surface area contributed by atoms with Crippen molar-refractivity contribution in [1.82, 2.24) is 9.97 Å². The highest BCUT2D eigenvalue weighted by Gasteiger charge is 2.51. The summed E-state index contributed by atoms with van der Waals surface area (Å²) in [4.78, 5) is 11.4. The molecule has 4 rings (SSSR count). The summed E-state index contributed by atoms with van der Waals surface area (Å²) in [5.41, 5.74) is 2.70. The fourth-order valence-electron chi connectivity index (χ4n) is 4.03. The number of aromatic nitrogens is 2. The molecule has 1 N–H and O–H groups in total. The van der Waals surface area contributed by atoms with Crippen LogP contribution in [0.5, 0.6) is 11.5 Å². The minimum absolute atomic E-state index is 0.0738. The van der Waals surface area contributed by atoms with Gasteiger partial charge in [-0.25, -0.2) is 9.97 Å². The first-order valence-corrected chi connectivity index (χ1v) is 8.53. The number of methoxy groups -OCH3 is 1. The molecule has 0 spiro atoms. The van der Waals surface area contributed by atoms with Crippen molar-refractivity contribution in [2.75, 3.05) is 38.3 Å². The van der Waals surface area contributed by atoms with Gasteiger partial charge in [0, 0.05) is 42.0 Å². The Morgan fingerprint density at radius 3 is 2.72 bits per heavy atom. The Hall–Kier alpha value is -2.34. The number of hydrogen-bond acceptors (Lipinski definition) is 6. The molecule has 0 bridgehead atoms. The number of aliphatic hydroxyl groups is 1. The van der Waals surface area contributed by atoms with E-state index < -0.39 is 0 Å². The summed E-state index contributed by atoms with van der Waals surface area (Å²) in [6, 6.07) is 7.89. The molecule has 6 heteroatoms. The van der Waals surface area contributed by atoms with Gasteiger partial charge in [0.2, 0.25) is 5.95 Å². The van der Waals surface area contributed by atoms with Crippen molar-refractivity contribution in [2.45, 2.75) is 19.8 Å². The molecule has 0 aliphatic carbocycles. The molecular formula is C19H23N3O3. The molecule has 2 unspecified atom stereocenters. The molecule has 1 aromatic heterocycles. The largest absolute Gasteiger partial charge is 0.497 e. The van der Waals surface area contributed by atoms with E-state index in [-0.39, 0.29) is 17.9 Å². The van der Waals surface area contributed by atoms with E-state index in [1.807, 2.05) is 38.1 Å². The van der Waals surface area contributed by atoms with E-state index >= 15 is 0 Å². The van der Waals surface area contributed by atoms with E-state index in [4.69, 9.17) is 9.47 Å². The van der Waals surface area contributed by atoms with Crippen LogP contribution in [-0.4, -0.2) is 48.5 Å². The molecule has 1 fully saturated rings. The second-order valence-electron chi connectivity index (χ2n) is 7.10. The molecule has 2 aromatic rings. The van der Waals surface area contributed by atoms with Gasteiger partial charge in [-0.3, -0.25) is 0 Å². The summed E-state index contributed by atoms with van der Waals surface area (Å²) in [6.07, 6.45) is 0. The van der Waals surface area contributed by atoms with Crippen molar-refractivity contribution in [3.63, 3.8) is 0 Å². The second kappa shape index (κ2) is 5.88. The van der Waals surface area contributed by atoms with Gasteiger partial charge in [0.15, 0.2) is 0 Å². The quantitative estimate of drug-likeness (QED) is 0.922. The first-order chi connectivity index (χ1) is 12.0. The lowest BCUT2D eigenvalue weighted by Crippen LogP contribution is -2.42. The Morgan fingerprint density at radius 1 is 1.28 bits per heavy atom. The molecule has 2 atom stereocenters. The van der Waals surface area contributed by atoms with Crippen LogP contribution in [0.25, 0.3) is 0 Å². The standard InChI is InChI=1S/C19H23N3O3/c1-12-6-13(2)21-18(20-12)22-8-16-15-5-4-14(24-3)7-17(15)25-11-19(16,9-22)10-23/h4-7,16,23H,8-11H2,1-3H3. The predicted octanol–water partition coefficient (Wildman–Crippen LogP) is 2.08. The van der Waals surface area contributed by atoms with E-state index in [0.29, 0.717) is 13.2 Å². The maximum atomic E-state index is 10.2. The Bertz CT molecular complexity index is 790. The smallest absolute Gasteiger partial charge is 0.225 e. The topological polar surface area (TPSA) is 67.7 Å². The summed E-state index contributed by atoms with van der Waals surface area (Å²) in [7, 11) is 1.65. The Labute approximate surface area is 147 Å². The van der Waals surface area contributed by atoms with Gasteiger partial charge in [-0.15, -0.1) is 0 Å². The first kappa shape index (κ1) is 16.1. The van der Waals surface area contributed by atoms with Crippen LogP contribution in [0.1, 0.15) is 22.9 Å². The SMILES string of the molecule is COc1ccc2c(c1)OCC1(CO)CN(c3nc(C)cc(C)n3)CC21. The number of fused-ring (bicyclic) bond motifs is 3. The van der Waals surface area contributed by atoms with Gasteiger partial charge in [0.1, 0.15) is 11.5 Å². The average Bonchev–Trinajstić information content (AvgIpc) is 3.01. The fourth-order valence-corrected chi connectivity index (χ4v) is 4.03. The Kier molecular flexibility index (Phi) is 3.80. The minimum atomic E-state index is -0.331. The lowest BCUT2D eigenvalue weighted by molar-refractivity contribution is 0.0533.